The van der Waals surface area contributed by atoms with E-state index in [0.717, 1.165) is 27.0 Å². The molecule has 3 rings (SSSR count). The molecule has 24 heavy (non-hydrogen) atoms. The molecule has 126 valence electrons. The Morgan fingerprint density at radius 1 is 0.792 bits per heavy atom. The fourth-order valence-electron chi connectivity index (χ4n) is 3.16. The van der Waals surface area contributed by atoms with Gasteiger partial charge in [0.1, 0.15) is 0 Å². The quantitative estimate of drug-likeness (QED) is 0.457. The minimum Gasteiger partial charge on any atom is -0.249 e. The van der Waals surface area contributed by atoms with E-state index in [2.05, 4.69) is 71.9 Å². The molecule has 1 heterocycles. The van der Waals surface area contributed by atoms with Crippen molar-refractivity contribution in [3.05, 3.63) is 47.0 Å². The fourth-order valence-corrected chi connectivity index (χ4v) is 4.27. The second-order valence-corrected chi connectivity index (χ2v) is 8.75. The summed E-state index contributed by atoms with van der Waals surface area (Å²) in [7, 11) is -1.85. The van der Waals surface area contributed by atoms with Crippen LogP contribution in [0.2, 0.25) is 0 Å². The topological polar surface area (TPSA) is 30.2 Å². The average Bonchev–Trinajstić information content (AvgIpc) is 2.53. The summed E-state index contributed by atoms with van der Waals surface area (Å²) in [5.74, 6) is 1.19. The van der Waals surface area contributed by atoms with Crippen LogP contribution in [0.3, 0.4) is 0 Å². The van der Waals surface area contributed by atoms with Gasteiger partial charge in [0.05, 0.1) is 0 Å². The highest BCUT2D eigenvalue weighted by Gasteiger charge is 2.22. The lowest BCUT2D eigenvalue weighted by Gasteiger charge is -2.13. The van der Waals surface area contributed by atoms with Gasteiger partial charge in [0.15, 0.2) is 5.58 Å². The van der Waals surface area contributed by atoms with Gasteiger partial charge in [-0.05, 0) is 51.6 Å². The maximum atomic E-state index is 12.7. The SMILES string of the molecule is CC(C)c1cc(C(C)C)c2o[p+](=O)c3cc(C(C)C)ccc3c2c1. The van der Waals surface area contributed by atoms with Crippen molar-refractivity contribution in [2.24, 2.45) is 0 Å². The summed E-state index contributed by atoms with van der Waals surface area (Å²) in [6.07, 6.45) is 0. The molecule has 3 heteroatoms. The molecular formula is C21H26O2P+. The molecule has 0 radical (unpaired) electrons. The molecule has 1 unspecified atom stereocenters. The minimum absolute atomic E-state index is 0.331. The third-order valence-electron chi connectivity index (χ3n) is 4.78. The second-order valence-electron chi connectivity index (χ2n) is 7.58. The van der Waals surface area contributed by atoms with Gasteiger partial charge in [-0.2, -0.15) is 0 Å². The molecule has 1 atom stereocenters. The van der Waals surface area contributed by atoms with E-state index in [1.54, 1.807) is 0 Å². The van der Waals surface area contributed by atoms with E-state index in [-0.39, 0.29) is 0 Å². The number of hydrogen-bond donors (Lipinski definition) is 0. The van der Waals surface area contributed by atoms with Gasteiger partial charge in [-0.3, -0.25) is 0 Å². The van der Waals surface area contributed by atoms with Crippen molar-refractivity contribution < 1.29 is 8.76 Å². The number of rotatable bonds is 3. The standard InChI is InChI=1S/C21H26O2P/c1-12(2)15-7-8-17-19-10-16(13(3)4)9-18(14(5)6)21(19)23-24(22)20(17)11-15/h7-14H,1-6H3/q+1. The monoisotopic (exact) mass is 341 g/mol. The predicted octanol–water partition coefficient (Wildman–Crippen LogP) is 7.70. The van der Waals surface area contributed by atoms with Crippen molar-refractivity contribution in [2.45, 2.75) is 59.3 Å². The van der Waals surface area contributed by atoms with Crippen LogP contribution in [0.4, 0.5) is 0 Å². The highest BCUT2D eigenvalue weighted by Crippen LogP contribution is 2.41. The largest absolute Gasteiger partial charge is 0.597 e. The summed E-state index contributed by atoms with van der Waals surface area (Å²) >= 11 is 0. The summed E-state index contributed by atoms with van der Waals surface area (Å²) < 4.78 is 18.7. The van der Waals surface area contributed by atoms with Crippen LogP contribution in [0, 0.1) is 0 Å². The molecule has 1 aromatic heterocycles. The van der Waals surface area contributed by atoms with Crippen LogP contribution in [0.25, 0.3) is 21.5 Å². The molecule has 3 aromatic rings. The Morgan fingerprint density at radius 3 is 2.04 bits per heavy atom. The molecule has 0 aliphatic rings. The normalized spacial score (nSPS) is 13.0. The minimum atomic E-state index is -1.85. The van der Waals surface area contributed by atoms with E-state index < -0.39 is 7.65 Å². The lowest BCUT2D eigenvalue weighted by atomic mass is 9.92. The van der Waals surface area contributed by atoms with Crippen LogP contribution in [0.5, 0.6) is 0 Å². The van der Waals surface area contributed by atoms with Gasteiger partial charge in [-0.1, -0.05) is 53.7 Å². The van der Waals surface area contributed by atoms with Crippen LogP contribution in [0.1, 0.15) is 76.0 Å². The van der Waals surface area contributed by atoms with E-state index in [1.165, 1.54) is 11.1 Å². The van der Waals surface area contributed by atoms with Crippen molar-refractivity contribution in [3.63, 3.8) is 0 Å². The van der Waals surface area contributed by atoms with Crippen molar-refractivity contribution in [1.29, 1.82) is 0 Å². The van der Waals surface area contributed by atoms with Crippen molar-refractivity contribution in [1.82, 2.24) is 0 Å². The van der Waals surface area contributed by atoms with Crippen LogP contribution >= 0.6 is 7.65 Å². The van der Waals surface area contributed by atoms with Gasteiger partial charge in [0.25, 0.3) is 0 Å². The molecule has 0 spiro atoms. The third-order valence-corrected chi connectivity index (χ3v) is 5.89. The third kappa shape index (κ3) is 2.89. The zero-order valence-corrected chi connectivity index (χ0v) is 16.3. The lowest BCUT2D eigenvalue weighted by Crippen LogP contribution is -1.95. The van der Waals surface area contributed by atoms with Crippen molar-refractivity contribution in [3.8, 4) is 0 Å². The van der Waals surface area contributed by atoms with Gasteiger partial charge < -0.3 is 0 Å². The predicted molar refractivity (Wildman–Crippen MR) is 104 cm³/mol. The first-order valence-electron chi connectivity index (χ1n) is 8.77. The zero-order valence-electron chi connectivity index (χ0n) is 15.4. The highest BCUT2D eigenvalue weighted by molar-refractivity contribution is 7.37. The number of benzene rings is 2. The smallest absolute Gasteiger partial charge is 0.249 e. The van der Waals surface area contributed by atoms with Crippen LogP contribution in [-0.4, -0.2) is 0 Å². The second kappa shape index (κ2) is 6.33. The van der Waals surface area contributed by atoms with Crippen molar-refractivity contribution in [2.75, 3.05) is 0 Å². The highest BCUT2D eigenvalue weighted by atomic mass is 31.1. The Kier molecular flexibility index (Phi) is 4.53. The molecule has 0 aliphatic carbocycles. The first kappa shape index (κ1) is 17.2. The molecule has 2 aromatic carbocycles. The number of hydrogen-bond acceptors (Lipinski definition) is 2. The van der Waals surface area contributed by atoms with Crippen molar-refractivity contribution >= 4 is 29.1 Å². The van der Waals surface area contributed by atoms with Crippen LogP contribution < -0.4 is 0 Å². The Balaban J connectivity index is 2.47. The molecule has 2 nitrogen and oxygen atoms in total. The van der Waals surface area contributed by atoms with Crippen LogP contribution in [0.15, 0.2) is 34.5 Å². The molecule has 0 amide bonds. The first-order chi connectivity index (χ1) is 11.3. The molecule has 0 bridgehead atoms. The fraction of sp³-hybridized carbons (Fsp3) is 0.429. The average molecular weight is 341 g/mol. The molecular weight excluding hydrogens is 315 g/mol. The maximum Gasteiger partial charge on any atom is 0.597 e. The van der Waals surface area contributed by atoms with Gasteiger partial charge in [0, 0.05) is 16.3 Å². The summed E-state index contributed by atoms with van der Waals surface area (Å²) in [5, 5.41) is 2.98. The summed E-state index contributed by atoms with van der Waals surface area (Å²) in [4.78, 5) is 0. The molecule has 0 saturated heterocycles. The Morgan fingerprint density at radius 2 is 1.46 bits per heavy atom. The summed E-state index contributed by atoms with van der Waals surface area (Å²) in [5.41, 5.74) is 4.46. The van der Waals surface area contributed by atoms with E-state index in [9.17, 15) is 4.57 Å². The Hall–Kier alpha value is -1.66. The van der Waals surface area contributed by atoms with E-state index in [0.29, 0.717) is 17.8 Å². The molecule has 0 aliphatic heterocycles. The molecule has 0 fully saturated rings. The summed E-state index contributed by atoms with van der Waals surface area (Å²) in [6.45, 7) is 13.0. The van der Waals surface area contributed by atoms with E-state index in [1.807, 2.05) is 0 Å². The van der Waals surface area contributed by atoms with Crippen LogP contribution in [-0.2, 0) is 4.57 Å². The molecule has 0 N–H and O–H groups in total. The lowest BCUT2D eigenvalue weighted by molar-refractivity contribution is 0.562. The van der Waals surface area contributed by atoms with Gasteiger partial charge >= 0.3 is 7.65 Å². The van der Waals surface area contributed by atoms with Gasteiger partial charge in [-0.25, -0.2) is 4.20 Å². The van der Waals surface area contributed by atoms with Gasteiger partial charge in [0.2, 0.25) is 5.12 Å². The maximum absolute atomic E-state index is 12.7. The Labute approximate surface area is 144 Å². The van der Waals surface area contributed by atoms with E-state index in [4.69, 9.17) is 4.20 Å². The van der Waals surface area contributed by atoms with E-state index >= 15 is 0 Å². The summed E-state index contributed by atoms with van der Waals surface area (Å²) in [6, 6.07) is 10.7. The first-order valence-corrected chi connectivity index (χ1v) is 9.94. The molecule has 0 saturated carbocycles. The van der Waals surface area contributed by atoms with Gasteiger partial charge in [-0.15, -0.1) is 0 Å². The Bertz CT molecular complexity index is 965. The zero-order chi connectivity index (χ0) is 17.6. The number of fused-ring (bicyclic) bond motifs is 3.